The zero-order chi connectivity index (χ0) is 9.69. The second-order valence-corrected chi connectivity index (χ2v) is 6.71. The predicted molar refractivity (Wildman–Crippen MR) is 61.1 cm³/mol. The third-order valence-corrected chi connectivity index (χ3v) is 5.35. The van der Waals surface area contributed by atoms with Crippen LogP contribution in [-0.4, -0.2) is 5.33 Å². The summed E-state index contributed by atoms with van der Waals surface area (Å²) in [5, 5.41) is 1.23. The first-order valence-electron chi connectivity index (χ1n) is 5.56. The SMILES string of the molecule is CC1CC(C)(C)CCC12CC2CBr. The van der Waals surface area contributed by atoms with Crippen LogP contribution in [-0.2, 0) is 0 Å². The van der Waals surface area contributed by atoms with Gasteiger partial charge in [0.25, 0.3) is 0 Å². The highest BCUT2D eigenvalue weighted by atomic mass is 79.9. The van der Waals surface area contributed by atoms with E-state index in [0.29, 0.717) is 5.41 Å². The van der Waals surface area contributed by atoms with E-state index in [0.717, 1.165) is 17.3 Å². The van der Waals surface area contributed by atoms with E-state index in [9.17, 15) is 0 Å². The lowest BCUT2D eigenvalue weighted by atomic mass is 9.65. The van der Waals surface area contributed by atoms with Gasteiger partial charge in [0.15, 0.2) is 0 Å². The topological polar surface area (TPSA) is 0 Å². The maximum atomic E-state index is 3.64. The fourth-order valence-corrected chi connectivity index (χ4v) is 4.34. The molecule has 0 aliphatic heterocycles. The fraction of sp³-hybridized carbons (Fsp3) is 1.00. The molecule has 0 radical (unpaired) electrons. The Bertz CT molecular complexity index is 209. The molecule has 0 heterocycles. The van der Waals surface area contributed by atoms with Gasteiger partial charge in [0.1, 0.15) is 0 Å². The number of halogens is 1. The van der Waals surface area contributed by atoms with Gasteiger partial charge in [-0.05, 0) is 48.3 Å². The number of rotatable bonds is 1. The smallest absolute Gasteiger partial charge is 0.00652 e. The summed E-state index contributed by atoms with van der Waals surface area (Å²) >= 11 is 3.64. The normalized spacial score (nSPS) is 48.0. The van der Waals surface area contributed by atoms with E-state index < -0.39 is 0 Å². The van der Waals surface area contributed by atoms with Crippen molar-refractivity contribution < 1.29 is 0 Å². The molecule has 0 aromatic carbocycles. The Balaban J connectivity index is 2.04. The molecule has 0 nitrogen and oxygen atoms in total. The minimum atomic E-state index is 0.615. The first-order valence-corrected chi connectivity index (χ1v) is 6.68. The van der Waals surface area contributed by atoms with Gasteiger partial charge in [-0.2, -0.15) is 0 Å². The molecule has 0 bridgehead atoms. The van der Waals surface area contributed by atoms with Gasteiger partial charge in [-0.25, -0.2) is 0 Å². The quantitative estimate of drug-likeness (QED) is 0.606. The van der Waals surface area contributed by atoms with Crippen LogP contribution in [0.5, 0.6) is 0 Å². The molecule has 2 fully saturated rings. The van der Waals surface area contributed by atoms with Crippen molar-refractivity contribution in [3.8, 4) is 0 Å². The van der Waals surface area contributed by atoms with Crippen LogP contribution in [0.25, 0.3) is 0 Å². The molecule has 2 saturated carbocycles. The summed E-state index contributed by atoms with van der Waals surface area (Å²) in [6, 6.07) is 0. The molecule has 2 rings (SSSR count). The van der Waals surface area contributed by atoms with Gasteiger partial charge in [-0.15, -0.1) is 0 Å². The molecule has 1 spiro atoms. The molecule has 2 aliphatic carbocycles. The zero-order valence-corrected chi connectivity index (χ0v) is 10.7. The third kappa shape index (κ3) is 1.58. The van der Waals surface area contributed by atoms with Gasteiger partial charge in [0.2, 0.25) is 0 Å². The maximum absolute atomic E-state index is 3.64. The standard InChI is InChI=1S/C12H21Br/c1-9-6-11(2,3)4-5-12(9)7-10(12)8-13/h9-10H,4-8H2,1-3H3. The molecule has 13 heavy (non-hydrogen) atoms. The van der Waals surface area contributed by atoms with Gasteiger partial charge in [0.05, 0.1) is 0 Å². The van der Waals surface area contributed by atoms with Crippen LogP contribution in [0.2, 0.25) is 0 Å². The Morgan fingerprint density at radius 2 is 1.92 bits per heavy atom. The average Bonchev–Trinajstić information content (AvgIpc) is 2.73. The van der Waals surface area contributed by atoms with Crippen LogP contribution < -0.4 is 0 Å². The molecule has 3 unspecified atom stereocenters. The summed E-state index contributed by atoms with van der Waals surface area (Å²) in [7, 11) is 0. The fourth-order valence-electron chi connectivity index (χ4n) is 3.47. The van der Waals surface area contributed by atoms with Crippen molar-refractivity contribution >= 4 is 15.9 Å². The lowest BCUT2D eigenvalue weighted by Gasteiger charge is -2.40. The van der Waals surface area contributed by atoms with Crippen molar-refractivity contribution in [3.05, 3.63) is 0 Å². The second-order valence-electron chi connectivity index (χ2n) is 6.06. The number of hydrogen-bond donors (Lipinski definition) is 0. The van der Waals surface area contributed by atoms with E-state index in [4.69, 9.17) is 0 Å². The van der Waals surface area contributed by atoms with E-state index in [1.807, 2.05) is 0 Å². The number of hydrogen-bond acceptors (Lipinski definition) is 0. The van der Waals surface area contributed by atoms with Gasteiger partial charge in [-0.3, -0.25) is 0 Å². The first kappa shape index (κ1) is 10.0. The highest BCUT2D eigenvalue weighted by Gasteiger charge is 2.58. The van der Waals surface area contributed by atoms with Crippen LogP contribution in [0.15, 0.2) is 0 Å². The second kappa shape index (κ2) is 2.98. The van der Waals surface area contributed by atoms with E-state index in [1.54, 1.807) is 0 Å². The zero-order valence-electron chi connectivity index (χ0n) is 9.07. The molecule has 0 aromatic rings. The van der Waals surface area contributed by atoms with Crippen molar-refractivity contribution in [3.63, 3.8) is 0 Å². The van der Waals surface area contributed by atoms with Gasteiger partial charge >= 0.3 is 0 Å². The summed E-state index contributed by atoms with van der Waals surface area (Å²) in [6.45, 7) is 7.34. The molecule has 0 N–H and O–H groups in total. The lowest BCUT2D eigenvalue weighted by Crippen LogP contribution is -2.30. The summed E-state index contributed by atoms with van der Waals surface area (Å²) in [4.78, 5) is 0. The minimum Gasteiger partial charge on any atom is -0.0925 e. The molecule has 0 amide bonds. The summed E-state index contributed by atoms with van der Waals surface area (Å²) < 4.78 is 0. The Labute approximate surface area is 90.6 Å². The molecule has 0 saturated heterocycles. The molecule has 76 valence electrons. The van der Waals surface area contributed by atoms with Crippen LogP contribution in [0.1, 0.15) is 46.5 Å². The Morgan fingerprint density at radius 3 is 2.38 bits per heavy atom. The minimum absolute atomic E-state index is 0.615. The third-order valence-electron chi connectivity index (χ3n) is 4.57. The molecule has 0 aromatic heterocycles. The van der Waals surface area contributed by atoms with Crippen LogP contribution in [0.4, 0.5) is 0 Å². The summed E-state index contributed by atoms with van der Waals surface area (Å²) in [5.41, 5.74) is 1.38. The van der Waals surface area contributed by atoms with Crippen molar-refractivity contribution in [2.45, 2.75) is 46.5 Å². The summed E-state index contributed by atoms with van der Waals surface area (Å²) in [5.74, 6) is 1.96. The highest BCUT2D eigenvalue weighted by Crippen LogP contribution is 2.66. The van der Waals surface area contributed by atoms with Crippen molar-refractivity contribution in [1.82, 2.24) is 0 Å². The summed E-state index contributed by atoms with van der Waals surface area (Å²) in [6.07, 6.45) is 5.87. The maximum Gasteiger partial charge on any atom is 0.00652 e. The van der Waals surface area contributed by atoms with E-state index in [-0.39, 0.29) is 0 Å². The van der Waals surface area contributed by atoms with Gasteiger partial charge in [0, 0.05) is 5.33 Å². The van der Waals surface area contributed by atoms with E-state index >= 15 is 0 Å². The molecular formula is C12H21Br. The predicted octanol–water partition coefficient (Wildman–Crippen LogP) is 4.23. The Kier molecular flexibility index (Phi) is 2.30. The van der Waals surface area contributed by atoms with Crippen LogP contribution in [0, 0.1) is 22.7 Å². The average molecular weight is 245 g/mol. The monoisotopic (exact) mass is 244 g/mol. The Morgan fingerprint density at radius 1 is 1.23 bits per heavy atom. The largest absolute Gasteiger partial charge is 0.0925 e. The first-order chi connectivity index (χ1) is 6.00. The van der Waals surface area contributed by atoms with E-state index in [2.05, 4.69) is 36.7 Å². The van der Waals surface area contributed by atoms with Crippen molar-refractivity contribution in [2.75, 3.05) is 5.33 Å². The van der Waals surface area contributed by atoms with Crippen molar-refractivity contribution in [2.24, 2.45) is 22.7 Å². The van der Waals surface area contributed by atoms with Crippen LogP contribution in [0.3, 0.4) is 0 Å². The molecule has 3 atom stereocenters. The Hall–Kier alpha value is 0.480. The van der Waals surface area contributed by atoms with Crippen LogP contribution >= 0.6 is 15.9 Å². The van der Waals surface area contributed by atoms with E-state index in [1.165, 1.54) is 31.0 Å². The molecule has 1 heteroatoms. The highest BCUT2D eigenvalue weighted by molar-refractivity contribution is 9.09. The van der Waals surface area contributed by atoms with Gasteiger partial charge < -0.3 is 0 Å². The number of alkyl halides is 1. The molecule has 2 aliphatic rings. The lowest BCUT2D eigenvalue weighted by molar-refractivity contribution is 0.104. The van der Waals surface area contributed by atoms with Crippen molar-refractivity contribution in [1.29, 1.82) is 0 Å². The molecular weight excluding hydrogens is 224 g/mol. The van der Waals surface area contributed by atoms with Gasteiger partial charge in [-0.1, -0.05) is 36.7 Å².